The third kappa shape index (κ3) is 6.70. The Kier molecular flexibility index (Phi) is 10.6. The minimum Gasteiger partial charge on any atom is -0.497 e. The van der Waals surface area contributed by atoms with Gasteiger partial charge < -0.3 is 22.8 Å². The smallest absolute Gasteiger partial charge is 0.497 e. The maximum Gasteiger partial charge on any atom is 0.506 e. The van der Waals surface area contributed by atoms with Crippen molar-refractivity contribution in [2.45, 2.75) is 76.5 Å². The Labute approximate surface area is 246 Å². The lowest BCUT2D eigenvalue weighted by molar-refractivity contribution is -0.157. The molecule has 8 nitrogen and oxygen atoms in total. The average molecular weight is 585 g/mol. The van der Waals surface area contributed by atoms with Crippen molar-refractivity contribution in [2.24, 2.45) is 11.8 Å². The molecule has 3 aliphatic heterocycles. The van der Waals surface area contributed by atoms with Crippen molar-refractivity contribution in [1.29, 1.82) is 0 Å². The number of unbranched alkanes of at least 4 members (excludes halogenated alkanes) is 1. The molecule has 1 aromatic heterocycles. The van der Waals surface area contributed by atoms with E-state index in [1.54, 1.807) is 21.3 Å². The molecule has 3 saturated heterocycles. The van der Waals surface area contributed by atoms with E-state index in [1.807, 2.05) is 37.4 Å². The van der Waals surface area contributed by atoms with Gasteiger partial charge >= 0.3 is 14.8 Å². The van der Waals surface area contributed by atoms with Gasteiger partial charge in [0.05, 0.1) is 18.7 Å². The third-order valence-corrected chi connectivity index (χ3v) is 12.8. The Morgan fingerprint density at radius 1 is 1.22 bits per heavy atom. The maximum absolute atomic E-state index is 13.4. The molecule has 4 heterocycles. The largest absolute Gasteiger partial charge is 0.506 e. The lowest BCUT2D eigenvalue weighted by atomic mass is 9.73. The molecular formula is C32H48N2O6Si. The van der Waals surface area contributed by atoms with Gasteiger partial charge in [0.2, 0.25) is 0 Å². The van der Waals surface area contributed by atoms with E-state index in [2.05, 4.69) is 36.4 Å². The van der Waals surface area contributed by atoms with E-state index in [4.69, 9.17) is 22.8 Å². The van der Waals surface area contributed by atoms with E-state index >= 15 is 0 Å². The summed E-state index contributed by atoms with van der Waals surface area (Å²) >= 11 is 0. The number of esters is 1. The van der Waals surface area contributed by atoms with Crippen LogP contribution >= 0.6 is 0 Å². The van der Waals surface area contributed by atoms with Gasteiger partial charge in [0.1, 0.15) is 11.9 Å². The highest BCUT2D eigenvalue weighted by Crippen LogP contribution is 2.45. The van der Waals surface area contributed by atoms with Gasteiger partial charge in [0.15, 0.2) is 0 Å². The first-order valence-corrected chi connectivity index (χ1v) is 16.7. The van der Waals surface area contributed by atoms with Crippen molar-refractivity contribution in [2.75, 3.05) is 41.0 Å². The predicted molar refractivity (Wildman–Crippen MR) is 163 cm³/mol. The number of hydrogen-bond acceptors (Lipinski definition) is 8. The van der Waals surface area contributed by atoms with E-state index in [-0.39, 0.29) is 23.2 Å². The molecule has 5 atom stereocenters. The Hall–Kier alpha value is -2.30. The summed E-state index contributed by atoms with van der Waals surface area (Å²) in [5.41, 5.74) is 1.86. The molecule has 0 spiro atoms. The highest BCUT2D eigenvalue weighted by Gasteiger charge is 2.53. The number of piperidine rings is 3. The van der Waals surface area contributed by atoms with Crippen LogP contribution in [0.25, 0.3) is 10.9 Å². The fourth-order valence-electron chi connectivity index (χ4n) is 6.89. The third-order valence-electron chi connectivity index (χ3n) is 9.18. The molecule has 0 radical (unpaired) electrons. The highest BCUT2D eigenvalue weighted by atomic mass is 28.4. The van der Waals surface area contributed by atoms with Crippen molar-refractivity contribution in [3.63, 3.8) is 0 Å². The summed E-state index contributed by atoms with van der Waals surface area (Å²) in [4.78, 5) is 20.5. The predicted octanol–water partition coefficient (Wildman–Crippen LogP) is 6.33. The molecular weight excluding hydrogens is 536 g/mol. The lowest BCUT2D eigenvalue weighted by Gasteiger charge is -2.51. The quantitative estimate of drug-likeness (QED) is 0.104. The van der Waals surface area contributed by atoms with Gasteiger partial charge in [-0.15, -0.1) is 6.58 Å². The van der Waals surface area contributed by atoms with Crippen LogP contribution in [0.5, 0.6) is 5.75 Å². The highest BCUT2D eigenvalue weighted by molar-refractivity contribution is 6.64. The van der Waals surface area contributed by atoms with Crippen LogP contribution < -0.4 is 4.74 Å². The van der Waals surface area contributed by atoms with Crippen LogP contribution in [0.1, 0.15) is 71.0 Å². The fourth-order valence-corrected chi connectivity index (χ4v) is 9.65. The molecule has 0 N–H and O–H groups in total. The Morgan fingerprint density at radius 2 is 2.00 bits per heavy atom. The zero-order chi connectivity index (χ0) is 29.6. The number of nitrogens with zero attached hydrogens (tertiary/aromatic N) is 2. The van der Waals surface area contributed by atoms with Crippen molar-refractivity contribution in [3.05, 3.63) is 48.7 Å². The Bertz CT molecular complexity index is 1190. The summed E-state index contributed by atoms with van der Waals surface area (Å²) in [6.07, 6.45) is 8.41. The maximum atomic E-state index is 13.4. The van der Waals surface area contributed by atoms with Gasteiger partial charge in [-0.05, 0) is 75.3 Å². The van der Waals surface area contributed by atoms with E-state index < -0.39 is 8.80 Å². The first kappa shape index (κ1) is 31.6. The number of pyridine rings is 1. The number of benzene rings is 1. The van der Waals surface area contributed by atoms with Crippen LogP contribution in [0.4, 0.5) is 0 Å². The summed E-state index contributed by atoms with van der Waals surface area (Å²) in [6.45, 7) is 12.8. The molecule has 0 aliphatic carbocycles. The first-order chi connectivity index (χ1) is 19.7. The average Bonchev–Trinajstić information content (AvgIpc) is 3.00. The van der Waals surface area contributed by atoms with E-state index in [9.17, 15) is 4.79 Å². The van der Waals surface area contributed by atoms with Crippen molar-refractivity contribution < 1.29 is 27.5 Å². The minimum absolute atomic E-state index is 0.117. The number of methoxy groups -OCH3 is 1. The molecule has 4 unspecified atom stereocenters. The van der Waals surface area contributed by atoms with E-state index in [0.717, 1.165) is 67.4 Å². The second-order valence-electron chi connectivity index (χ2n) is 11.9. The summed E-state index contributed by atoms with van der Waals surface area (Å²) < 4.78 is 29.6. The minimum atomic E-state index is -2.84. The van der Waals surface area contributed by atoms with Crippen molar-refractivity contribution in [1.82, 2.24) is 9.88 Å². The zero-order valence-corrected chi connectivity index (χ0v) is 26.7. The van der Waals surface area contributed by atoms with Crippen LogP contribution in [-0.4, -0.2) is 71.7 Å². The van der Waals surface area contributed by atoms with Crippen LogP contribution in [0.3, 0.4) is 0 Å². The number of fused-ring (bicyclic) bond motifs is 4. The molecule has 2 aromatic rings. The van der Waals surface area contributed by atoms with Gasteiger partial charge in [0, 0.05) is 56.0 Å². The number of hydrogen-bond donors (Lipinski definition) is 0. The molecule has 0 amide bonds. The topological polar surface area (TPSA) is 79.4 Å². The standard InChI is InChI=1S/C32H48N2O6Si/c1-8-23-22-34-19-16-24(23)20-29(34)31(26-15-18-33-28-14-13-25(36-5)21-27(26)28)40-30(35)12-10-11-17-32(3,4)41(37-6,38-7)39-9-2/h8,13-15,18,21,23-24,29,31H,1,9-12,16-17,19-20,22H2,2-7H3/t23?,24?,29-,31?/m0/s1. The Morgan fingerprint density at radius 3 is 2.63 bits per heavy atom. The molecule has 2 bridgehead atoms. The molecule has 226 valence electrons. The first-order valence-electron chi connectivity index (χ1n) is 15.0. The van der Waals surface area contributed by atoms with Crippen molar-refractivity contribution in [3.8, 4) is 5.75 Å². The fraction of sp³-hybridized carbons (Fsp3) is 0.625. The van der Waals surface area contributed by atoms with Gasteiger partial charge in [0.25, 0.3) is 0 Å². The number of ether oxygens (including phenoxy) is 2. The van der Waals surface area contributed by atoms with Crippen molar-refractivity contribution >= 4 is 25.7 Å². The number of aromatic nitrogens is 1. The zero-order valence-electron chi connectivity index (χ0n) is 25.7. The Balaban J connectivity index is 1.50. The van der Waals surface area contributed by atoms with Gasteiger partial charge in [-0.3, -0.25) is 14.7 Å². The second kappa shape index (κ2) is 13.8. The molecule has 3 aliphatic rings. The summed E-state index contributed by atoms with van der Waals surface area (Å²) in [6, 6.07) is 8.00. The van der Waals surface area contributed by atoms with Crippen LogP contribution in [0.15, 0.2) is 43.1 Å². The monoisotopic (exact) mass is 584 g/mol. The molecule has 1 aromatic carbocycles. The van der Waals surface area contributed by atoms with Gasteiger partial charge in [-0.1, -0.05) is 26.3 Å². The normalized spacial score (nSPS) is 23.4. The molecule has 5 rings (SSSR count). The lowest BCUT2D eigenvalue weighted by Crippen LogP contribution is -2.55. The van der Waals surface area contributed by atoms with Gasteiger partial charge in [-0.2, -0.15) is 0 Å². The van der Waals surface area contributed by atoms with E-state index in [0.29, 0.717) is 24.9 Å². The summed E-state index contributed by atoms with van der Waals surface area (Å²) in [5, 5.41) is 0.690. The van der Waals surface area contributed by atoms with Crippen LogP contribution in [0, 0.1) is 11.8 Å². The molecule has 0 saturated carbocycles. The van der Waals surface area contributed by atoms with Gasteiger partial charge in [-0.25, -0.2) is 0 Å². The summed E-state index contributed by atoms with van der Waals surface area (Å²) in [5.74, 6) is 1.64. The SMILES string of the molecule is C=CC1CN2CCC1C[C@H]2C(OC(=O)CCCCC(C)(C)[Si](OC)(OC)OCC)c1ccnc2ccc(OC)cc12. The van der Waals surface area contributed by atoms with E-state index in [1.165, 1.54) is 0 Å². The second-order valence-corrected chi connectivity index (χ2v) is 15.5. The molecule has 9 heteroatoms. The van der Waals surface area contributed by atoms with Crippen LogP contribution in [0.2, 0.25) is 5.04 Å². The van der Waals surface area contributed by atoms with Crippen LogP contribution in [-0.2, 0) is 22.8 Å². The number of carbonyl (C=O) groups is 1. The number of carbonyl (C=O) groups excluding carboxylic acids is 1. The summed E-state index contributed by atoms with van der Waals surface area (Å²) in [7, 11) is 2.15. The number of rotatable bonds is 15. The molecule has 41 heavy (non-hydrogen) atoms. The molecule has 3 fully saturated rings.